The first-order valence-electron chi connectivity index (χ1n) is 6.34. The molecule has 0 radical (unpaired) electrons. The van der Waals surface area contributed by atoms with E-state index >= 15 is 0 Å². The van der Waals surface area contributed by atoms with Gasteiger partial charge in [-0.1, -0.05) is 24.3 Å². The number of rotatable bonds is 2. The summed E-state index contributed by atoms with van der Waals surface area (Å²) in [4.78, 5) is 12.9. The van der Waals surface area contributed by atoms with Crippen LogP contribution in [0, 0.1) is 5.82 Å². The summed E-state index contributed by atoms with van der Waals surface area (Å²) in [6.45, 7) is 1.61. The number of hydrogen-bond acceptors (Lipinski definition) is 2. The summed E-state index contributed by atoms with van der Waals surface area (Å²) in [7, 11) is 0. The van der Waals surface area contributed by atoms with Gasteiger partial charge in [-0.05, 0) is 35.7 Å². The number of carbonyl (C=O) groups excluding carboxylic acids is 1. The molecule has 0 saturated heterocycles. The third kappa shape index (κ3) is 2.36. The summed E-state index contributed by atoms with van der Waals surface area (Å²) in [5, 5.41) is 0. The summed E-state index contributed by atoms with van der Waals surface area (Å²) >= 11 is 0. The van der Waals surface area contributed by atoms with Gasteiger partial charge in [0.1, 0.15) is 12.1 Å². The lowest BCUT2D eigenvalue weighted by Crippen LogP contribution is -2.30. The normalized spacial score (nSPS) is 14.1. The Morgan fingerprint density at radius 1 is 1.11 bits per heavy atom. The highest BCUT2D eigenvalue weighted by Crippen LogP contribution is 2.25. The summed E-state index contributed by atoms with van der Waals surface area (Å²) in [6, 6.07) is 12.8. The number of nitrogens with zero attached hydrogens (tertiary/aromatic N) is 1. The Morgan fingerprint density at radius 2 is 1.89 bits per heavy atom. The lowest BCUT2D eigenvalue weighted by molar-refractivity contribution is 0.112. The first-order valence-corrected chi connectivity index (χ1v) is 6.34. The van der Waals surface area contributed by atoms with Crippen molar-refractivity contribution >= 4 is 12.0 Å². The van der Waals surface area contributed by atoms with Crippen LogP contribution in [0.25, 0.3) is 0 Å². The van der Waals surface area contributed by atoms with E-state index in [1.54, 1.807) is 6.07 Å². The van der Waals surface area contributed by atoms with E-state index in [9.17, 15) is 9.18 Å². The van der Waals surface area contributed by atoms with Crippen LogP contribution in [0.2, 0.25) is 0 Å². The van der Waals surface area contributed by atoms with Crippen molar-refractivity contribution in [3.8, 4) is 0 Å². The Morgan fingerprint density at radius 3 is 2.68 bits per heavy atom. The lowest BCUT2D eigenvalue weighted by atomic mass is 9.99. The molecule has 3 heteroatoms. The van der Waals surface area contributed by atoms with Gasteiger partial charge in [0.05, 0.1) is 0 Å². The quantitative estimate of drug-likeness (QED) is 0.768. The zero-order valence-electron chi connectivity index (χ0n) is 10.5. The Hall–Kier alpha value is -2.16. The van der Waals surface area contributed by atoms with Crippen LogP contribution < -0.4 is 4.90 Å². The molecular formula is C16H14FNO. The van der Waals surface area contributed by atoms with Gasteiger partial charge in [-0.25, -0.2) is 4.39 Å². The molecule has 0 aliphatic carbocycles. The molecule has 0 amide bonds. The molecule has 2 nitrogen and oxygen atoms in total. The monoisotopic (exact) mass is 255 g/mol. The van der Waals surface area contributed by atoms with Crippen LogP contribution in [-0.2, 0) is 13.0 Å². The van der Waals surface area contributed by atoms with Crippen molar-refractivity contribution in [1.29, 1.82) is 0 Å². The van der Waals surface area contributed by atoms with Crippen molar-refractivity contribution in [2.75, 3.05) is 11.4 Å². The highest BCUT2D eigenvalue weighted by Gasteiger charge is 2.16. The van der Waals surface area contributed by atoms with Gasteiger partial charge in [0, 0.05) is 24.3 Å². The molecule has 1 heterocycles. The minimum atomic E-state index is -0.363. The maximum Gasteiger partial charge on any atom is 0.150 e. The third-order valence-corrected chi connectivity index (χ3v) is 3.54. The number of anilines is 1. The molecule has 19 heavy (non-hydrogen) atoms. The average Bonchev–Trinajstić information content (AvgIpc) is 2.46. The van der Waals surface area contributed by atoms with E-state index in [0.29, 0.717) is 11.8 Å². The summed E-state index contributed by atoms with van der Waals surface area (Å²) in [6.07, 6.45) is 1.63. The largest absolute Gasteiger partial charge is 0.367 e. The molecule has 0 N–H and O–H groups in total. The topological polar surface area (TPSA) is 20.3 Å². The molecule has 2 aromatic rings. The second kappa shape index (κ2) is 4.84. The van der Waals surface area contributed by atoms with Crippen LogP contribution in [0.1, 0.15) is 21.5 Å². The Balaban J connectivity index is 1.92. The molecule has 0 spiro atoms. The van der Waals surface area contributed by atoms with E-state index in [1.807, 2.05) is 12.1 Å². The zero-order valence-corrected chi connectivity index (χ0v) is 10.5. The minimum Gasteiger partial charge on any atom is -0.367 e. The lowest BCUT2D eigenvalue weighted by Gasteiger charge is -2.30. The second-order valence-corrected chi connectivity index (χ2v) is 4.80. The van der Waals surface area contributed by atoms with E-state index in [1.165, 1.54) is 23.3 Å². The first-order chi connectivity index (χ1) is 9.26. The van der Waals surface area contributed by atoms with Crippen LogP contribution in [0.15, 0.2) is 42.5 Å². The molecule has 0 aromatic heterocycles. The fourth-order valence-electron chi connectivity index (χ4n) is 2.56. The van der Waals surface area contributed by atoms with E-state index in [0.717, 1.165) is 25.2 Å². The molecule has 3 rings (SSSR count). The molecular weight excluding hydrogens is 241 g/mol. The Kier molecular flexibility index (Phi) is 3.03. The van der Waals surface area contributed by atoms with Crippen LogP contribution in [0.4, 0.5) is 10.1 Å². The summed E-state index contributed by atoms with van der Waals surface area (Å²) in [5.74, 6) is -0.363. The van der Waals surface area contributed by atoms with Gasteiger partial charge in [0.2, 0.25) is 0 Å². The highest BCUT2D eigenvalue weighted by atomic mass is 19.1. The maximum absolute atomic E-state index is 13.5. The molecule has 1 aliphatic rings. The molecule has 2 aromatic carbocycles. The molecule has 0 saturated carbocycles. The summed E-state index contributed by atoms with van der Waals surface area (Å²) < 4.78 is 13.5. The second-order valence-electron chi connectivity index (χ2n) is 4.80. The molecule has 0 unspecified atom stereocenters. The maximum atomic E-state index is 13.5. The molecule has 96 valence electrons. The van der Waals surface area contributed by atoms with Crippen molar-refractivity contribution in [3.63, 3.8) is 0 Å². The van der Waals surface area contributed by atoms with Crippen molar-refractivity contribution in [3.05, 3.63) is 65.0 Å². The third-order valence-electron chi connectivity index (χ3n) is 3.54. The number of benzene rings is 2. The van der Waals surface area contributed by atoms with Crippen LogP contribution in [0.3, 0.4) is 0 Å². The van der Waals surface area contributed by atoms with Gasteiger partial charge in [0.15, 0.2) is 0 Å². The van der Waals surface area contributed by atoms with Crippen LogP contribution in [0.5, 0.6) is 0 Å². The van der Waals surface area contributed by atoms with E-state index in [2.05, 4.69) is 17.0 Å². The zero-order chi connectivity index (χ0) is 13.2. The van der Waals surface area contributed by atoms with Gasteiger partial charge in [-0.2, -0.15) is 0 Å². The van der Waals surface area contributed by atoms with E-state index in [4.69, 9.17) is 0 Å². The summed E-state index contributed by atoms with van der Waals surface area (Å²) in [5.41, 5.74) is 3.78. The molecule has 0 bridgehead atoms. The van der Waals surface area contributed by atoms with Crippen LogP contribution in [-0.4, -0.2) is 12.8 Å². The molecule has 0 fully saturated rings. The smallest absolute Gasteiger partial charge is 0.150 e. The van der Waals surface area contributed by atoms with Crippen molar-refractivity contribution in [1.82, 2.24) is 0 Å². The average molecular weight is 255 g/mol. The fourth-order valence-corrected chi connectivity index (χ4v) is 2.56. The SMILES string of the molecule is O=Cc1cc(F)cc(N2CCc3ccccc3C2)c1. The van der Waals surface area contributed by atoms with Gasteiger partial charge >= 0.3 is 0 Å². The number of aldehydes is 1. The number of carbonyl (C=O) groups is 1. The number of hydrogen-bond donors (Lipinski definition) is 0. The molecule has 1 aliphatic heterocycles. The first kappa shape index (κ1) is 11.9. The Labute approximate surface area is 111 Å². The van der Waals surface area contributed by atoms with E-state index < -0.39 is 0 Å². The van der Waals surface area contributed by atoms with Gasteiger partial charge in [-0.3, -0.25) is 4.79 Å². The van der Waals surface area contributed by atoms with Crippen molar-refractivity contribution in [2.45, 2.75) is 13.0 Å². The van der Waals surface area contributed by atoms with Crippen LogP contribution >= 0.6 is 0 Å². The van der Waals surface area contributed by atoms with Crippen molar-refractivity contribution in [2.24, 2.45) is 0 Å². The Bertz CT molecular complexity index is 624. The number of halogens is 1. The molecule has 0 atom stereocenters. The predicted molar refractivity (Wildman–Crippen MR) is 73.0 cm³/mol. The highest BCUT2D eigenvalue weighted by molar-refractivity contribution is 5.77. The van der Waals surface area contributed by atoms with Gasteiger partial charge in [0.25, 0.3) is 0 Å². The van der Waals surface area contributed by atoms with Gasteiger partial charge < -0.3 is 4.90 Å². The fraction of sp³-hybridized carbons (Fsp3) is 0.188. The minimum absolute atomic E-state index is 0.363. The van der Waals surface area contributed by atoms with E-state index in [-0.39, 0.29) is 5.82 Å². The van der Waals surface area contributed by atoms with Crippen molar-refractivity contribution < 1.29 is 9.18 Å². The number of fused-ring (bicyclic) bond motifs is 1. The van der Waals surface area contributed by atoms with Gasteiger partial charge in [-0.15, -0.1) is 0 Å². The predicted octanol–water partition coefficient (Wildman–Crippen LogP) is 3.20. The standard InChI is InChI=1S/C16H14FNO/c17-15-7-12(11-19)8-16(9-15)18-6-5-13-3-1-2-4-14(13)10-18/h1-4,7-9,11H,5-6,10H2.